The third kappa shape index (κ3) is 4.50. The Morgan fingerprint density at radius 2 is 1.71 bits per heavy atom. The molecule has 8 nitrogen and oxygen atoms in total. The highest BCUT2D eigenvalue weighted by atomic mass is 127. The second kappa shape index (κ2) is 8.72. The number of halogens is 1. The number of nitrogens with one attached hydrogen (secondary N) is 1. The molecule has 1 amide bonds. The van der Waals surface area contributed by atoms with Gasteiger partial charge in [0.15, 0.2) is 0 Å². The van der Waals surface area contributed by atoms with Crippen molar-refractivity contribution in [3.05, 3.63) is 81.4 Å². The standard InChI is InChI=1S/C22H17IN4O4/c23-13-5-7-14(8-6-13)25-26-15-9-10-19(28)17(11-15)21-24-18-4-2-1-3-16(18)22(31)27(21)12-20(29)30/h1-11,21,24,28H,12H2,(H,29,30). The number of aromatic hydroxyl groups is 1. The Balaban J connectivity index is 1.71. The summed E-state index contributed by atoms with van der Waals surface area (Å²) in [6.07, 6.45) is -0.882. The fourth-order valence-corrected chi connectivity index (χ4v) is 3.65. The first-order valence-electron chi connectivity index (χ1n) is 9.31. The van der Waals surface area contributed by atoms with Crippen molar-refractivity contribution in [2.45, 2.75) is 6.17 Å². The van der Waals surface area contributed by atoms with Gasteiger partial charge in [-0.05, 0) is 77.2 Å². The van der Waals surface area contributed by atoms with Crippen LogP contribution in [0, 0.1) is 3.57 Å². The van der Waals surface area contributed by atoms with E-state index < -0.39 is 24.6 Å². The molecule has 1 heterocycles. The summed E-state index contributed by atoms with van der Waals surface area (Å²) in [5.41, 5.74) is 2.37. The van der Waals surface area contributed by atoms with Gasteiger partial charge in [0, 0.05) is 14.8 Å². The smallest absolute Gasteiger partial charge is 0.323 e. The topological polar surface area (TPSA) is 115 Å². The van der Waals surface area contributed by atoms with Gasteiger partial charge in [0.2, 0.25) is 0 Å². The zero-order valence-electron chi connectivity index (χ0n) is 16.1. The molecule has 0 fully saturated rings. The van der Waals surface area contributed by atoms with Gasteiger partial charge in [-0.2, -0.15) is 10.2 Å². The highest BCUT2D eigenvalue weighted by Crippen LogP contribution is 2.38. The molecule has 0 radical (unpaired) electrons. The van der Waals surface area contributed by atoms with Crippen molar-refractivity contribution < 1.29 is 19.8 Å². The van der Waals surface area contributed by atoms with Gasteiger partial charge in [0.05, 0.1) is 16.9 Å². The van der Waals surface area contributed by atoms with Crippen LogP contribution in [0.3, 0.4) is 0 Å². The fourth-order valence-electron chi connectivity index (χ4n) is 3.29. The SMILES string of the molecule is O=C(O)CN1C(=O)c2ccccc2NC1c1cc(N=Nc2ccc(I)cc2)ccc1O. The van der Waals surface area contributed by atoms with Crippen LogP contribution >= 0.6 is 22.6 Å². The van der Waals surface area contributed by atoms with Gasteiger partial charge in [-0.25, -0.2) is 0 Å². The average molecular weight is 528 g/mol. The number of phenolic OH excluding ortho intramolecular Hbond substituents is 1. The van der Waals surface area contributed by atoms with E-state index in [2.05, 4.69) is 38.1 Å². The molecule has 0 bridgehead atoms. The summed E-state index contributed by atoms with van der Waals surface area (Å²) in [6.45, 7) is -0.529. The van der Waals surface area contributed by atoms with E-state index >= 15 is 0 Å². The Kier molecular flexibility index (Phi) is 5.85. The number of carboxylic acids is 1. The van der Waals surface area contributed by atoms with E-state index in [1.165, 1.54) is 11.0 Å². The van der Waals surface area contributed by atoms with Gasteiger partial charge in [-0.15, -0.1) is 0 Å². The maximum absolute atomic E-state index is 13.0. The molecule has 0 saturated heterocycles. The number of para-hydroxylation sites is 1. The van der Waals surface area contributed by atoms with Crippen LogP contribution < -0.4 is 5.32 Å². The molecule has 0 saturated carbocycles. The number of carbonyl (C=O) groups is 2. The summed E-state index contributed by atoms with van der Waals surface area (Å²) in [6, 6.07) is 19.0. The van der Waals surface area contributed by atoms with Gasteiger partial charge in [-0.1, -0.05) is 12.1 Å². The van der Waals surface area contributed by atoms with Crippen LogP contribution in [-0.4, -0.2) is 33.5 Å². The Morgan fingerprint density at radius 3 is 2.45 bits per heavy atom. The van der Waals surface area contributed by atoms with E-state index in [-0.39, 0.29) is 5.75 Å². The number of hydrogen-bond donors (Lipinski definition) is 3. The van der Waals surface area contributed by atoms with Crippen LogP contribution in [0.25, 0.3) is 0 Å². The molecule has 1 unspecified atom stereocenters. The third-order valence-electron chi connectivity index (χ3n) is 4.74. The number of phenols is 1. The average Bonchev–Trinajstić information content (AvgIpc) is 2.76. The van der Waals surface area contributed by atoms with Crippen molar-refractivity contribution in [3.8, 4) is 5.75 Å². The van der Waals surface area contributed by atoms with E-state index in [0.29, 0.717) is 28.2 Å². The summed E-state index contributed by atoms with van der Waals surface area (Å²) >= 11 is 2.20. The fraction of sp³-hybridized carbons (Fsp3) is 0.0909. The van der Waals surface area contributed by atoms with Crippen molar-refractivity contribution in [3.63, 3.8) is 0 Å². The van der Waals surface area contributed by atoms with E-state index in [9.17, 15) is 19.8 Å². The van der Waals surface area contributed by atoms with Crippen molar-refractivity contribution in [1.82, 2.24) is 4.90 Å². The zero-order chi connectivity index (χ0) is 22.0. The molecule has 1 aliphatic heterocycles. The quantitative estimate of drug-likeness (QED) is 0.316. The van der Waals surface area contributed by atoms with Crippen LogP contribution in [0.1, 0.15) is 22.1 Å². The molecule has 3 N–H and O–H groups in total. The van der Waals surface area contributed by atoms with Crippen molar-refractivity contribution in [1.29, 1.82) is 0 Å². The normalized spacial score (nSPS) is 15.6. The lowest BCUT2D eigenvalue weighted by atomic mass is 10.0. The lowest BCUT2D eigenvalue weighted by Gasteiger charge is -2.37. The van der Waals surface area contributed by atoms with E-state index in [1.807, 2.05) is 24.3 Å². The summed E-state index contributed by atoms with van der Waals surface area (Å²) in [5.74, 6) is -1.69. The van der Waals surface area contributed by atoms with Crippen LogP contribution in [0.4, 0.5) is 17.1 Å². The number of carboxylic acid groups (broad SMARTS) is 1. The van der Waals surface area contributed by atoms with Gasteiger partial charge in [-0.3, -0.25) is 9.59 Å². The number of fused-ring (bicyclic) bond motifs is 1. The minimum absolute atomic E-state index is 0.0896. The number of hydrogen-bond acceptors (Lipinski definition) is 6. The van der Waals surface area contributed by atoms with Gasteiger partial charge >= 0.3 is 5.97 Å². The maximum Gasteiger partial charge on any atom is 0.323 e. The second-order valence-electron chi connectivity index (χ2n) is 6.84. The number of azo groups is 1. The summed E-state index contributed by atoms with van der Waals surface area (Å²) in [7, 11) is 0. The Morgan fingerprint density at radius 1 is 1.03 bits per heavy atom. The lowest BCUT2D eigenvalue weighted by Crippen LogP contribution is -2.45. The largest absolute Gasteiger partial charge is 0.508 e. The number of amides is 1. The molecular weight excluding hydrogens is 511 g/mol. The number of benzene rings is 3. The van der Waals surface area contributed by atoms with Gasteiger partial charge < -0.3 is 20.4 Å². The molecule has 31 heavy (non-hydrogen) atoms. The molecule has 0 aromatic heterocycles. The van der Waals surface area contributed by atoms with Crippen LogP contribution in [0.2, 0.25) is 0 Å². The highest BCUT2D eigenvalue weighted by Gasteiger charge is 2.35. The molecule has 1 aliphatic rings. The number of rotatable bonds is 5. The Labute approximate surface area is 191 Å². The summed E-state index contributed by atoms with van der Waals surface area (Å²) in [5, 5.41) is 31.4. The molecule has 1 atom stereocenters. The second-order valence-corrected chi connectivity index (χ2v) is 8.08. The molecule has 3 aromatic carbocycles. The number of nitrogens with zero attached hydrogens (tertiary/aromatic N) is 3. The minimum atomic E-state index is -1.16. The molecule has 4 rings (SSSR count). The first-order valence-corrected chi connectivity index (χ1v) is 10.4. The molecule has 156 valence electrons. The molecule has 0 spiro atoms. The molecule has 0 aliphatic carbocycles. The van der Waals surface area contributed by atoms with E-state index in [0.717, 1.165) is 3.57 Å². The van der Waals surface area contributed by atoms with Crippen LogP contribution in [-0.2, 0) is 4.79 Å². The first kappa shape index (κ1) is 20.8. The predicted octanol–water partition coefficient (Wildman–Crippen LogP) is 5.06. The molecule has 3 aromatic rings. The van der Waals surface area contributed by atoms with E-state index in [4.69, 9.17) is 0 Å². The zero-order valence-corrected chi connectivity index (χ0v) is 18.2. The monoisotopic (exact) mass is 528 g/mol. The van der Waals surface area contributed by atoms with Crippen LogP contribution in [0.15, 0.2) is 77.0 Å². The molecular formula is C22H17IN4O4. The number of anilines is 1. The van der Waals surface area contributed by atoms with Gasteiger partial charge in [0.1, 0.15) is 18.5 Å². The lowest BCUT2D eigenvalue weighted by molar-refractivity contribution is -0.138. The van der Waals surface area contributed by atoms with Crippen molar-refractivity contribution in [2.75, 3.05) is 11.9 Å². The maximum atomic E-state index is 13.0. The minimum Gasteiger partial charge on any atom is -0.508 e. The van der Waals surface area contributed by atoms with E-state index in [1.54, 1.807) is 36.4 Å². The van der Waals surface area contributed by atoms with Gasteiger partial charge in [0.25, 0.3) is 5.91 Å². The van der Waals surface area contributed by atoms with Crippen molar-refractivity contribution >= 4 is 51.5 Å². The summed E-state index contributed by atoms with van der Waals surface area (Å²) < 4.78 is 1.08. The summed E-state index contributed by atoms with van der Waals surface area (Å²) in [4.78, 5) is 25.6. The third-order valence-corrected chi connectivity index (χ3v) is 5.46. The highest BCUT2D eigenvalue weighted by molar-refractivity contribution is 14.1. The first-order chi connectivity index (χ1) is 14.9. The van der Waals surface area contributed by atoms with Crippen molar-refractivity contribution in [2.24, 2.45) is 10.2 Å². The number of carbonyl (C=O) groups excluding carboxylic acids is 1. The Hall–Kier alpha value is -3.47. The number of aliphatic carboxylic acids is 1. The van der Waals surface area contributed by atoms with Crippen LogP contribution in [0.5, 0.6) is 5.75 Å². The predicted molar refractivity (Wildman–Crippen MR) is 123 cm³/mol. The Bertz CT molecular complexity index is 1180. The molecule has 9 heteroatoms.